The number of nitrogens with zero attached hydrogens (tertiary/aromatic N) is 1. The smallest absolute Gasteiger partial charge is 0.236 e. The first-order valence-electron chi connectivity index (χ1n) is 4.34. The van der Waals surface area contributed by atoms with E-state index in [0.717, 1.165) is 0 Å². The van der Waals surface area contributed by atoms with E-state index >= 15 is 0 Å². The zero-order valence-corrected chi connectivity index (χ0v) is 11.3. The van der Waals surface area contributed by atoms with Crippen molar-refractivity contribution in [3.63, 3.8) is 0 Å². The largest absolute Gasteiger partial charge is 0.310 e. The Kier molecular flexibility index (Phi) is 5.41. The van der Waals surface area contributed by atoms with Gasteiger partial charge in [-0.05, 0) is 12.1 Å². The second-order valence-electron chi connectivity index (χ2n) is 2.77. The van der Waals surface area contributed by atoms with Gasteiger partial charge in [-0.1, -0.05) is 37.9 Å². The van der Waals surface area contributed by atoms with Crippen LogP contribution in [0.2, 0.25) is 0 Å². The van der Waals surface area contributed by atoms with Crippen molar-refractivity contribution < 1.29 is 9.59 Å². The standard InChI is InChI=1S/C9H9Br2N3O2/c10-4-8(15)13-6-2-1-3-7(12-6)14-9(16)5-11/h1-3H,4-5H2,(H2,12,13,14,15,16). The summed E-state index contributed by atoms with van der Waals surface area (Å²) in [5, 5.41) is 5.53. The summed E-state index contributed by atoms with van der Waals surface area (Å²) < 4.78 is 0. The van der Waals surface area contributed by atoms with Crippen LogP contribution in [0.1, 0.15) is 0 Å². The van der Waals surface area contributed by atoms with Crippen molar-refractivity contribution in [2.75, 3.05) is 21.3 Å². The number of carbonyl (C=O) groups excluding carboxylic acids is 2. The highest BCUT2D eigenvalue weighted by atomic mass is 79.9. The molecule has 0 radical (unpaired) electrons. The van der Waals surface area contributed by atoms with Crippen LogP contribution in [0.4, 0.5) is 11.6 Å². The van der Waals surface area contributed by atoms with Crippen LogP contribution in [0.25, 0.3) is 0 Å². The first kappa shape index (κ1) is 13.1. The van der Waals surface area contributed by atoms with E-state index in [4.69, 9.17) is 0 Å². The van der Waals surface area contributed by atoms with Gasteiger partial charge in [-0.15, -0.1) is 0 Å². The predicted octanol–water partition coefficient (Wildman–Crippen LogP) is 1.75. The molecule has 2 amide bonds. The maximum atomic E-state index is 11.1. The number of hydrogen-bond donors (Lipinski definition) is 2. The maximum Gasteiger partial charge on any atom is 0.236 e. The van der Waals surface area contributed by atoms with Gasteiger partial charge >= 0.3 is 0 Å². The molecule has 0 aromatic carbocycles. The zero-order valence-electron chi connectivity index (χ0n) is 8.17. The van der Waals surface area contributed by atoms with E-state index in [1.165, 1.54) is 0 Å². The second kappa shape index (κ2) is 6.59. The molecule has 2 N–H and O–H groups in total. The quantitative estimate of drug-likeness (QED) is 0.812. The van der Waals surface area contributed by atoms with Crippen LogP contribution < -0.4 is 10.6 Å². The zero-order chi connectivity index (χ0) is 12.0. The van der Waals surface area contributed by atoms with Crippen molar-refractivity contribution in [2.45, 2.75) is 0 Å². The molecular formula is C9H9Br2N3O2. The van der Waals surface area contributed by atoms with E-state index in [-0.39, 0.29) is 22.5 Å². The Bertz CT molecular complexity index is 365. The van der Waals surface area contributed by atoms with Gasteiger partial charge in [0.05, 0.1) is 10.7 Å². The van der Waals surface area contributed by atoms with Gasteiger partial charge in [-0.3, -0.25) is 9.59 Å². The Balaban J connectivity index is 2.71. The molecule has 0 spiro atoms. The topological polar surface area (TPSA) is 71.1 Å². The molecule has 0 fully saturated rings. The minimum atomic E-state index is -0.198. The minimum absolute atomic E-state index is 0.198. The van der Waals surface area contributed by atoms with E-state index in [2.05, 4.69) is 47.5 Å². The lowest BCUT2D eigenvalue weighted by molar-refractivity contribution is -0.114. The molecule has 0 atom stereocenters. The number of nitrogens with one attached hydrogen (secondary N) is 2. The number of alkyl halides is 2. The van der Waals surface area contributed by atoms with Crippen molar-refractivity contribution in [3.8, 4) is 0 Å². The van der Waals surface area contributed by atoms with Gasteiger partial charge < -0.3 is 10.6 Å². The summed E-state index contributed by atoms with van der Waals surface area (Å²) in [6.07, 6.45) is 0. The third-order valence-corrected chi connectivity index (χ3v) is 2.55. The van der Waals surface area contributed by atoms with E-state index in [1.807, 2.05) is 0 Å². The predicted molar refractivity (Wildman–Crippen MR) is 69.1 cm³/mol. The number of amides is 2. The lowest BCUT2D eigenvalue weighted by atomic mass is 10.4. The normalized spacial score (nSPS) is 9.62. The van der Waals surface area contributed by atoms with Gasteiger partial charge in [0.1, 0.15) is 11.6 Å². The summed E-state index contributed by atoms with van der Waals surface area (Å²) in [6, 6.07) is 4.98. The number of aromatic nitrogens is 1. The van der Waals surface area contributed by atoms with Crippen LogP contribution in [0.3, 0.4) is 0 Å². The Morgan fingerprint density at radius 1 is 1.06 bits per heavy atom. The summed E-state index contributed by atoms with van der Waals surface area (Å²) in [5.74, 6) is 0.404. The summed E-state index contributed by atoms with van der Waals surface area (Å²) in [6.45, 7) is 0. The van der Waals surface area contributed by atoms with E-state index in [9.17, 15) is 9.59 Å². The summed E-state index contributed by atoms with van der Waals surface area (Å²) in [7, 11) is 0. The number of carbonyl (C=O) groups is 2. The highest BCUT2D eigenvalue weighted by Gasteiger charge is 2.04. The molecule has 7 heteroatoms. The average molecular weight is 351 g/mol. The van der Waals surface area contributed by atoms with Crippen LogP contribution in [0.15, 0.2) is 18.2 Å². The van der Waals surface area contributed by atoms with Crippen molar-refractivity contribution in [2.24, 2.45) is 0 Å². The van der Waals surface area contributed by atoms with Crippen molar-refractivity contribution in [1.29, 1.82) is 0 Å². The lowest BCUT2D eigenvalue weighted by Crippen LogP contribution is -2.16. The molecule has 1 rings (SSSR count). The Labute approximate surface area is 109 Å². The summed E-state index contributed by atoms with van der Waals surface area (Å²) >= 11 is 6.05. The van der Waals surface area contributed by atoms with E-state index in [0.29, 0.717) is 11.6 Å². The van der Waals surface area contributed by atoms with Crippen LogP contribution in [0.5, 0.6) is 0 Å². The first-order chi connectivity index (χ1) is 7.65. The lowest BCUT2D eigenvalue weighted by Gasteiger charge is -2.05. The first-order valence-corrected chi connectivity index (χ1v) is 6.58. The summed E-state index contributed by atoms with van der Waals surface area (Å²) in [4.78, 5) is 26.2. The van der Waals surface area contributed by atoms with Gasteiger partial charge in [0, 0.05) is 0 Å². The number of halogens is 2. The van der Waals surface area contributed by atoms with Gasteiger partial charge in [0.25, 0.3) is 0 Å². The number of hydrogen-bond acceptors (Lipinski definition) is 3. The van der Waals surface area contributed by atoms with Gasteiger partial charge in [0.2, 0.25) is 11.8 Å². The second-order valence-corrected chi connectivity index (χ2v) is 3.89. The molecule has 1 aromatic rings. The minimum Gasteiger partial charge on any atom is -0.310 e. The Morgan fingerprint density at radius 2 is 1.50 bits per heavy atom. The number of pyridine rings is 1. The molecule has 0 aliphatic heterocycles. The fourth-order valence-corrected chi connectivity index (χ4v) is 1.21. The molecule has 1 aromatic heterocycles. The monoisotopic (exact) mass is 349 g/mol. The fraction of sp³-hybridized carbons (Fsp3) is 0.222. The highest BCUT2D eigenvalue weighted by Crippen LogP contribution is 2.09. The van der Waals surface area contributed by atoms with Crippen molar-refractivity contribution in [3.05, 3.63) is 18.2 Å². The molecule has 0 aliphatic carbocycles. The SMILES string of the molecule is O=C(CBr)Nc1cccc(NC(=O)CBr)n1. The number of rotatable bonds is 4. The fourth-order valence-electron chi connectivity index (χ4n) is 0.926. The highest BCUT2D eigenvalue weighted by molar-refractivity contribution is 9.09. The summed E-state index contributed by atoms with van der Waals surface area (Å²) in [5.41, 5.74) is 0. The number of anilines is 2. The van der Waals surface area contributed by atoms with E-state index in [1.54, 1.807) is 18.2 Å². The molecule has 16 heavy (non-hydrogen) atoms. The van der Waals surface area contributed by atoms with Gasteiger partial charge in [-0.25, -0.2) is 4.98 Å². The third-order valence-electron chi connectivity index (χ3n) is 1.53. The molecular weight excluding hydrogens is 342 g/mol. The average Bonchev–Trinajstić information content (AvgIpc) is 2.29. The molecule has 0 aliphatic rings. The molecule has 0 saturated heterocycles. The maximum absolute atomic E-state index is 11.1. The Morgan fingerprint density at radius 3 is 1.88 bits per heavy atom. The van der Waals surface area contributed by atoms with Crippen LogP contribution in [-0.2, 0) is 9.59 Å². The van der Waals surface area contributed by atoms with Gasteiger partial charge in [-0.2, -0.15) is 0 Å². The Hall–Kier alpha value is -0.950. The molecule has 0 saturated carbocycles. The van der Waals surface area contributed by atoms with Crippen molar-refractivity contribution >= 4 is 55.3 Å². The molecule has 0 unspecified atom stereocenters. The molecule has 1 heterocycles. The third kappa shape index (κ3) is 4.28. The van der Waals surface area contributed by atoms with Crippen molar-refractivity contribution in [1.82, 2.24) is 4.98 Å². The molecule has 5 nitrogen and oxygen atoms in total. The molecule has 0 bridgehead atoms. The van der Waals surface area contributed by atoms with Crippen LogP contribution in [0, 0.1) is 0 Å². The van der Waals surface area contributed by atoms with E-state index < -0.39 is 0 Å². The molecule has 86 valence electrons. The van der Waals surface area contributed by atoms with Gasteiger partial charge in [0.15, 0.2) is 0 Å². The van der Waals surface area contributed by atoms with Crippen LogP contribution in [-0.4, -0.2) is 27.5 Å². The van der Waals surface area contributed by atoms with Crippen LogP contribution >= 0.6 is 31.9 Å².